The largest absolute Gasteiger partial charge is 0.508 e. The first-order valence-corrected chi connectivity index (χ1v) is 20.1. The van der Waals surface area contributed by atoms with Crippen LogP contribution in [-0.4, -0.2) is 107 Å². The Morgan fingerprint density at radius 3 is 2.49 bits per heavy atom. The lowest BCUT2D eigenvalue weighted by molar-refractivity contribution is -0.137. The molecular weight excluding hydrogens is 723 g/mol. The third kappa shape index (κ3) is 6.45. The van der Waals surface area contributed by atoms with Crippen LogP contribution in [0.4, 0.5) is 5.69 Å². The number of hydrogen-bond donors (Lipinski definition) is 2. The van der Waals surface area contributed by atoms with E-state index in [1.807, 2.05) is 23.1 Å². The molecule has 3 fully saturated rings. The number of nitrogens with zero attached hydrogens (tertiary/aromatic N) is 4. The molecule has 292 valence electrons. The normalized spacial score (nSPS) is 24.4. The average Bonchev–Trinajstić information content (AvgIpc) is 3.55. The minimum atomic E-state index is -0.680. The molecular formula is C45H45N5O7. The van der Waals surface area contributed by atoms with Gasteiger partial charge in [-0.25, -0.2) is 0 Å². The van der Waals surface area contributed by atoms with Crippen LogP contribution >= 0.6 is 0 Å². The number of amides is 4. The van der Waals surface area contributed by atoms with Crippen molar-refractivity contribution in [3.63, 3.8) is 0 Å². The van der Waals surface area contributed by atoms with E-state index in [1.165, 1.54) is 22.3 Å². The number of anilines is 1. The molecule has 0 spiro atoms. The molecule has 0 radical (unpaired) electrons. The van der Waals surface area contributed by atoms with Crippen molar-refractivity contribution in [3.05, 3.63) is 118 Å². The van der Waals surface area contributed by atoms with Crippen LogP contribution < -0.4 is 19.7 Å². The molecule has 0 saturated carbocycles. The molecule has 10 rings (SSSR count). The third-order valence-electron chi connectivity index (χ3n) is 12.9. The number of carbonyl (C=O) groups is 4. The number of rotatable bonds is 7. The maximum absolute atomic E-state index is 13.5. The van der Waals surface area contributed by atoms with Gasteiger partial charge in [-0.3, -0.25) is 29.4 Å². The van der Waals surface area contributed by atoms with Gasteiger partial charge in [0.05, 0.1) is 24.8 Å². The third-order valence-corrected chi connectivity index (χ3v) is 12.9. The van der Waals surface area contributed by atoms with Crippen LogP contribution in [0.15, 0.2) is 84.9 Å². The van der Waals surface area contributed by atoms with Crippen LogP contribution in [0.25, 0.3) is 0 Å². The van der Waals surface area contributed by atoms with E-state index < -0.39 is 11.9 Å². The Hall–Kier alpha value is -5.88. The number of aryl methyl sites for hydroxylation is 1. The number of ether oxygens (including phenoxy) is 2. The van der Waals surface area contributed by atoms with Gasteiger partial charge >= 0.3 is 0 Å². The summed E-state index contributed by atoms with van der Waals surface area (Å²) >= 11 is 0. The Balaban J connectivity index is 0.733. The number of likely N-dealkylation sites (tertiary alicyclic amines) is 1. The standard InChI is InChI=1S/C45H45N5O7/c51-31-9-13-35-29(20-31)8-12-34(27-4-2-1-3-5-27)42(35)28-6-10-32(11-7-28)57-33-22-47(23-33)25-41(53)48-18-19-49-30(21-48)26-56-43-37-24-50(39-16-17-40(52)46-44(39)54)45(55)36(37)14-15-38(43)49/h1-7,9-11,13-15,20,30,33-34,39,42,51H,8,12,16-19,21-26H2,(H,46,52,54)/t30-,34-,39?,42+/m1/s1. The lowest BCUT2D eigenvalue weighted by atomic mass is 9.69. The molecule has 1 unspecified atom stereocenters. The first-order chi connectivity index (χ1) is 27.8. The van der Waals surface area contributed by atoms with Crippen LogP contribution in [0.2, 0.25) is 0 Å². The second kappa shape index (κ2) is 14.3. The Bertz CT molecular complexity index is 2260. The number of carbonyl (C=O) groups excluding carboxylic acids is 4. The van der Waals surface area contributed by atoms with Crippen molar-refractivity contribution < 1.29 is 33.8 Å². The summed E-state index contributed by atoms with van der Waals surface area (Å²) in [7, 11) is 0. The Labute approximate surface area is 330 Å². The van der Waals surface area contributed by atoms with Crippen LogP contribution in [0.5, 0.6) is 17.2 Å². The van der Waals surface area contributed by atoms with E-state index in [1.54, 1.807) is 11.0 Å². The number of nitrogens with one attached hydrogen (secondary N) is 1. The van der Waals surface area contributed by atoms with Crippen molar-refractivity contribution in [1.82, 2.24) is 20.0 Å². The predicted octanol–water partition coefficient (Wildman–Crippen LogP) is 4.19. The monoisotopic (exact) mass is 767 g/mol. The van der Waals surface area contributed by atoms with Crippen molar-refractivity contribution in [2.24, 2.45) is 0 Å². The summed E-state index contributed by atoms with van der Waals surface area (Å²) in [5.41, 5.74) is 7.25. The summed E-state index contributed by atoms with van der Waals surface area (Å²) in [6, 6.07) is 28.0. The van der Waals surface area contributed by atoms with Gasteiger partial charge in [0, 0.05) is 56.2 Å². The summed E-state index contributed by atoms with van der Waals surface area (Å²) in [6.45, 7) is 4.15. The zero-order chi connectivity index (χ0) is 38.8. The van der Waals surface area contributed by atoms with E-state index in [0.717, 1.165) is 29.8 Å². The van der Waals surface area contributed by atoms with Crippen molar-refractivity contribution in [2.75, 3.05) is 50.8 Å². The number of benzene rings is 4. The molecule has 1 aliphatic carbocycles. The molecule has 12 heteroatoms. The highest BCUT2D eigenvalue weighted by Crippen LogP contribution is 2.47. The van der Waals surface area contributed by atoms with Crippen LogP contribution in [0, 0.1) is 0 Å². The van der Waals surface area contributed by atoms with Crippen LogP contribution in [-0.2, 0) is 27.3 Å². The maximum Gasteiger partial charge on any atom is 0.255 e. The molecule has 5 aliphatic heterocycles. The van der Waals surface area contributed by atoms with Gasteiger partial charge in [-0.1, -0.05) is 48.5 Å². The van der Waals surface area contributed by atoms with Gasteiger partial charge in [0.25, 0.3) is 5.91 Å². The number of piperazine rings is 1. The molecule has 4 amide bonds. The molecule has 4 aromatic carbocycles. The number of phenols is 1. The van der Waals surface area contributed by atoms with Crippen LogP contribution in [0.3, 0.4) is 0 Å². The van der Waals surface area contributed by atoms with Gasteiger partial charge in [-0.05, 0) is 83.8 Å². The van der Waals surface area contributed by atoms with Gasteiger partial charge in [0.1, 0.15) is 36.0 Å². The van der Waals surface area contributed by atoms with Crippen molar-refractivity contribution in [3.8, 4) is 17.2 Å². The second-order valence-electron chi connectivity index (χ2n) is 16.3. The van der Waals surface area contributed by atoms with E-state index in [9.17, 15) is 24.3 Å². The topological polar surface area (TPSA) is 132 Å². The van der Waals surface area contributed by atoms with Gasteiger partial charge in [-0.15, -0.1) is 0 Å². The minimum absolute atomic E-state index is 0.00996. The van der Waals surface area contributed by atoms with Crippen molar-refractivity contribution >= 4 is 29.3 Å². The fraction of sp³-hybridized carbons (Fsp3) is 0.378. The van der Waals surface area contributed by atoms with Gasteiger partial charge in [0.15, 0.2) is 0 Å². The molecule has 0 aromatic heterocycles. The molecule has 4 atom stereocenters. The predicted molar refractivity (Wildman–Crippen MR) is 210 cm³/mol. The van der Waals surface area contributed by atoms with Gasteiger partial charge in [-0.2, -0.15) is 0 Å². The second-order valence-corrected chi connectivity index (χ2v) is 16.3. The first-order valence-electron chi connectivity index (χ1n) is 20.1. The number of phenolic OH excluding ortho intramolecular Hbond substituents is 1. The average molecular weight is 768 g/mol. The van der Waals surface area contributed by atoms with E-state index in [0.29, 0.717) is 75.3 Å². The maximum atomic E-state index is 13.5. The molecule has 2 N–H and O–H groups in total. The number of fused-ring (bicyclic) bond motifs is 6. The highest BCUT2D eigenvalue weighted by Gasteiger charge is 2.44. The number of hydrogen-bond acceptors (Lipinski definition) is 9. The fourth-order valence-corrected chi connectivity index (χ4v) is 9.95. The molecule has 3 saturated heterocycles. The number of imide groups is 1. The lowest BCUT2D eigenvalue weighted by Crippen LogP contribution is -2.61. The molecule has 12 nitrogen and oxygen atoms in total. The van der Waals surface area contributed by atoms with Crippen molar-refractivity contribution in [2.45, 2.75) is 62.3 Å². The molecule has 57 heavy (non-hydrogen) atoms. The molecule has 6 aliphatic rings. The smallest absolute Gasteiger partial charge is 0.255 e. The van der Waals surface area contributed by atoms with E-state index in [2.05, 4.69) is 75.8 Å². The Morgan fingerprint density at radius 1 is 0.860 bits per heavy atom. The summed E-state index contributed by atoms with van der Waals surface area (Å²) in [4.78, 5) is 59.0. The number of aromatic hydroxyl groups is 1. The summed E-state index contributed by atoms with van der Waals surface area (Å²) in [5.74, 6) is 1.45. The summed E-state index contributed by atoms with van der Waals surface area (Å²) in [6.07, 6.45) is 2.48. The van der Waals surface area contributed by atoms with Crippen molar-refractivity contribution in [1.29, 1.82) is 0 Å². The lowest BCUT2D eigenvalue weighted by Gasteiger charge is -2.46. The van der Waals surface area contributed by atoms with Gasteiger partial charge < -0.3 is 29.3 Å². The van der Waals surface area contributed by atoms with Crippen LogP contribution in [0.1, 0.15) is 69.3 Å². The van der Waals surface area contributed by atoms with E-state index >= 15 is 0 Å². The zero-order valence-corrected chi connectivity index (χ0v) is 31.6. The molecule has 5 heterocycles. The Morgan fingerprint density at radius 2 is 1.68 bits per heavy atom. The quantitative estimate of drug-likeness (QED) is 0.266. The highest BCUT2D eigenvalue weighted by molar-refractivity contribution is 6.06. The fourth-order valence-electron chi connectivity index (χ4n) is 9.95. The zero-order valence-electron chi connectivity index (χ0n) is 31.6. The minimum Gasteiger partial charge on any atom is -0.508 e. The molecule has 0 bridgehead atoms. The summed E-state index contributed by atoms with van der Waals surface area (Å²) in [5, 5.41) is 12.5. The van der Waals surface area contributed by atoms with E-state index in [-0.39, 0.29) is 48.8 Å². The first kappa shape index (κ1) is 35.5. The molecule has 4 aromatic rings. The Kier molecular flexibility index (Phi) is 8.88. The van der Waals surface area contributed by atoms with E-state index in [4.69, 9.17) is 9.47 Å². The SMILES string of the molecule is O=C1CCC(N2Cc3c(ccc4c3OC[C@H]3CN(C(=O)CN5CC(Oc6ccc([C@@H]7c8ccc(O)cc8CC[C@@H]7c7ccccc7)cc6)C5)CCN43)C2=O)C(=O)N1. The number of piperidine rings is 1. The highest BCUT2D eigenvalue weighted by atomic mass is 16.5. The summed E-state index contributed by atoms with van der Waals surface area (Å²) < 4.78 is 12.7. The van der Waals surface area contributed by atoms with Gasteiger partial charge in [0.2, 0.25) is 17.7 Å².